The summed E-state index contributed by atoms with van der Waals surface area (Å²) in [6.07, 6.45) is 2.68. The van der Waals surface area contributed by atoms with Crippen molar-refractivity contribution in [3.8, 4) is 0 Å². The van der Waals surface area contributed by atoms with Gasteiger partial charge in [-0.15, -0.1) is 0 Å². The number of hydrogen-bond donors (Lipinski definition) is 1. The number of aryl methyl sites for hydroxylation is 1. The van der Waals surface area contributed by atoms with Crippen molar-refractivity contribution in [2.24, 2.45) is 0 Å². The minimum atomic E-state index is -0.141. The van der Waals surface area contributed by atoms with Gasteiger partial charge < -0.3 is 4.98 Å². The van der Waals surface area contributed by atoms with Crippen molar-refractivity contribution in [2.45, 2.75) is 20.3 Å². The first-order chi connectivity index (χ1) is 6.61. The maximum Gasteiger partial charge on any atom is 0.293 e. The summed E-state index contributed by atoms with van der Waals surface area (Å²) >= 11 is 0. The maximum absolute atomic E-state index is 11.7. The van der Waals surface area contributed by atoms with Gasteiger partial charge in [-0.3, -0.25) is 9.63 Å². The lowest BCUT2D eigenvalue weighted by Crippen LogP contribution is -2.26. The molecule has 1 aromatic heterocycles. The Morgan fingerprint density at radius 1 is 1.64 bits per heavy atom. The topological polar surface area (TPSA) is 45.3 Å². The molecule has 1 N–H and O–H groups in total. The van der Waals surface area contributed by atoms with Crippen molar-refractivity contribution in [1.29, 1.82) is 0 Å². The lowest BCUT2D eigenvalue weighted by molar-refractivity contribution is -0.0760. The molecule has 0 radical (unpaired) electrons. The Balaban J connectivity index is 3.00. The highest BCUT2D eigenvalue weighted by atomic mass is 16.7. The van der Waals surface area contributed by atoms with Gasteiger partial charge >= 0.3 is 0 Å². The first kappa shape index (κ1) is 10.8. The van der Waals surface area contributed by atoms with Crippen molar-refractivity contribution in [1.82, 2.24) is 10.0 Å². The highest BCUT2D eigenvalue weighted by molar-refractivity contribution is 5.93. The number of hydroxylamine groups is 2. The molecule has 1 rings (SSSR count). The van der Waals surface area contributed by atoms with Gasteiger partial charge in [-0.2, -0.15) is 0 Å². The Bertz CT molecular complexity index is 331. The Hall–Kier alpha value is -1.29. The van der Waals surface area contributed by atoms with Gasteiger partial charge in [0.25, 0.3) is 5.91 Å². The van der Waals surface area contributed by atoms with Crippen LogP contribution in [0.5, 0.6) is 0 Å². The van der Waals surface area contributed by atoms with Crippen LogP contribution in [-0.2, 0) is 11.3 Å². The highest BCUT2D eigenvalue weighted by Gasteiger charge is 2.17. The van der Waals surface area contributed by atoms with E-state index in [2.05, 4.69) is 4.98 Å². The van der Waals surface area contributed by atoms with E-state index in [4.69, 9.17) is 4.84 Å². The second-order valence-corrected chi connectivity index (χ2v) is 3.16. The van der Waals surface area contributed by atoms with Crippen LogP contribution in [0, 0.1) is 6.92 Å². The molecule has 0 saturated heterocycles. The molecular weight excluding hydrogens is 180 g/mol. The van der Waals surface area contributed by atoms with Gasteiger partial charge in [0, 0.05) is 13.2 Å². The average Bonchev–Trinajstić information content (AvgIpc) is 2.57. The summed E-state index contributed by atoms with van der Waals surface area (Å²) in [5, 5.41) is 1.21. The highest BCUT2D eigenvalue weighted by Crippen LogP contribution is 2.15. The molecule has 0 bridgehead atoms. The summed E-state index contributed by atoms with van der Waals surface area (Å²) in [7, 11) is 3.07. The van der Waals surface area contributed by atoms with E-state index in [1.807, 2.05) is 20.0 Å². The fourth-order valence-electron chi connectivity index (χ4n) is 1.44. The van der Waals surface area contributed by atoms with Crippen LogP contribution in [0.1, 0.15) is 28.5 Å². The normalized spacial score (nSPS) is 10.3. The van der Waals surface area contributed by atoms with Gasteiger partial charge in [0.05, 0.1) is 7.11 Å². The predicted molar refractivity (Wildman–Crippen MR) is 54.0 cm³/mol. The Labute approximate surface area is 83.8 Å². The second kappa shape index (κ2) is 4.28. The zero-order valence-corrected chi connectivity index (χ0v) is 9.05. The summed E-state index contributed by atoms with van der Waals surface area (Å²) in [5.74, 6) is -0.141. The molecule has 0 aliphatic carbocycles. The van der Waals surface area contributed by atoms with E-state index >= 15 is 0 Å². The third kappa shape index (κ3) is 1.80. The molecule has 0 aromatic carbocycles. The fourth-order valence-corrected chi connectivity index (χ4v) is 1.44. The van der Waals surface area contributed by atoms with Crippen molar-refractivity contribution in [3.63, 3.8) is 0 Å². The maximum atomic E-state index is 11.7. The molecule has 0 saturated carbocycles. The van der Waals surface area contributed by atoms with Gasteiger partial charge in [0.15, 0.2) is 0 Å². The van der Waals surface area contributed by atoms with Gasteiger partial charge in [-0.05, 0) is 24.5 Å². The minimum Gasteiger partial charge on any atom is -0.357 e. The van der Waals surface area contributed by atoms with Crippen molar-refractivity contribution in [3.05, 3.63) is 23.0 Å². The summed E-state index contributed by atoms with van der Waals surface area (Å²) in [6, 6.07) is 0. The van der Waals surface area contributed by atoms with Crippen molar-refractivity contribution < 1.29 is 9.63 Å². The first-order valence-electron chi connectivity index (χ1n) is 4.60. The Morgan fingerprint density at radius 2 is 2.29 bits per heavy atom. The molecule has 0 spiro atoms. The van der Waals surface area contributed by atoms with Crippen LogP contribution >= 0.6 is 0 Å². The van der Waals surface area contributed by atoms with E-state index in [9.17, 15) is 4.79 Å². The van der Waals surface area contributed by atoms with Crippen LogP contribution in [0.25, 0.3) is 0 Å². The van der Waals surface area contributed by atoms with Crippen molar-refractivity contribution >= 4 is 5.91 Å². The number of carbonyl (C=O) groups is 1. The largest absolute Gasteiger partial charge is 0.357 e. The number of H-pyrrole nitrogens is 1. The number of nitrogens with one attached hydrogen (secondary N) is 1. The molecular formula is C10H16N2O2. The number of amides is 1. The summed E-state index contributed by atoms with van der Waals surface area (Å²) in [6.45, 7) is 4.01. The molecule has 0 fully saturated rings. The van der Waals surface area contributed by atoms with E-state index in [0.717, 1.165) is 17.5 Å². The molecule has 0 atom stereocenters. The van der Waals surface area contributed by atoms with Crippen LogP contribution in [-0.4, -0.2) is 30.1 Å². The zero-order valence-electron chi connectivity index (χ0n) is 9.05. The summed E-state index contributed by atoms with van der Waals surface area (Å²) in [5.41, 5.74) is 2.79. The van der Waals surface area contributed by atoms with Gasteiger partial charge in [-0.1, -0.05) is 6.92 Å². The third-order valence-electron chi connectivity index (χ3n) is 2.34. The van der Waals surface area contributed by atoms with Gasteiger partial charge in [0.1, 0.15) is 5.69 Å². The molecule has 0 unspecified atom stereocenters. The smallest absolute Gasteiger partial charge is 0.293 e. The van der Waals surface area contributed by atoms with E-state index in [0.29, 0.717) is 5.69 Å². The van der Waals surface area contributed by atoms with Crippen molar-refractivity contribution in [2.75, 3.05) is 14.2 Å². The first-order valence-corrected chi connectivity index (χ1v) is 4.60. The monoisotopic (exact) mass is 196 g/mol. The zero-order chi connectivity index (χ0) is 10.7. The molecule has 78 valence electrons. The average molecular weight is 196 g/mol. The molecule has 0 aliphatic rings. The Kier molecular flexibility index (Phi) is 3.30. The number of nitrogens with zero attached hydrogens (tertiary/aromatic N) is 1. The molecule has 1 heterocycles. The second-order valence-electron chi connectivity index (χ2n) is 3.16. The quantitative estimate of drug-likeness (QED) is 0.745. The number of hydrogen-bond acceptors (Lipinski definition) is 2. The molecule has 4 heteroatoms. The molecule has 1 amide bonds. The van der Waals surface area contributed by atoms with E-state index in [-0.39, 0.29) is 5.91 Å². The van der Waals surface area contributed by atoms with Gasteiger partial charge in [-0.25, -0.2) is 5.06 Å². The summed E-state index contributed by atoms with van der Waals surface area (Å²) < 4.78 is 0. The lowest BCUT2D eigenvalue weighted by Gasteiger charge is -2.13. The van der Waals surface area contributed by atoms with Gasteiger partial charge in [0.2, 0.25) is 0 Å². The number of aromatic amines is 1. The predicted octanol–water partition coefficient (Wildman–Crippen LogP) is 1.52. The SMILES string of the molecule is CCc1c(C)c[nH]c1C(=O)N(C)OC. The van der Waals surface area contributed by atoms with Crippen LogP contribution in [0.2, 0.25) is 0 Å². The fraction of sp³-hybridized carbons (Fsp3) is 0.500. The Morgan fingerprint density at radius 3 is 2.79 bits per heavy atom. The van der Waals surface area contributed by atoms with E-state index in [1.54, 1.807) is 7.05 Å². The molecule has 1 aromatic rings. The molecule has 0 aliphatic heterocycles. The van der Waals surface area contributed by atoms with E-state index in [1.165, 1.54) is 12.2 Å². The van der Waals surface area contributed by atoms with E-state index < -0.39 is 0 Å². The number of carbonyl (C=O) groups excluding carboxylic acids is 1. The van der Waals surface area contributed by atoms with Crippen LogP contribution in [0.15, 0.2) is 6.20 Å². The number of rotatable bonds is 3. The van der Waals surface area contributed by atoms with Crippen LogP contribution in [0.3, 0.4) is 0 Å². The standard InChI is InChI=1S/C10H16N2O2/c1-5-8-7(2)6-11-9(8)10(13)12(3)14-4/h6,11H,5H2,1-4H3. The molecule has 4 nitrogen and oxygen atoms in total. The lowest BCUT2D eigenvalue weighted by atomic mass is 10.1. The minimum absolute atomic E-state index is 0.141. The van der Waals surface area contributed by atoms with Crippen LogP contribution in [0.4, 0.5) is 0 Å². The van der Waals surface area contributed by atoms with Crippen LogP contribution < -0.4 is 0 Å². The number of aromatic nitrogens is 1. The third-order valence-corrected chi connectivity index (χ3v) is 2.34. The summed E-state index contributed by atoms with van der Waals surface area (Å²) in [4.78, 5) is 19.5. The molecule has 14 heavy (non-hydrogen) atoms.